The highest BCUT2D eigenvalue weighted by Gasteiger charge is 2.35. The number of fused-ring (bicyclic) bond motifs is 1. The number of hydrogen-bond acceptors (Lipinski definition) is 5. The van der Waals surface area contributed by atoms with Gasteiger partial charge in [-0.25, -0.2) is 0 Å². The predicted octanol–water partition coefficient (Wildman–Crippen LogP) is 5.64. The third-order valence-corrected chi connectivity index (χ3v) is 6.06. The molecule has 1 aliphatic heterocycles. The second-order valence-electron chi connectivity index (χ2n) is 7.59. The second kappa shape index (κ2) is 8.85. The molecular weight excluding hydrogens is 480 g/mol. The molecule has 1 aromatic heterocycles. The van der Waals surface area contributed by atoms with E-state index in [1.165, 1.54) is 0 Å². The van der Waals surface area contributed by atoms with Crippen molar-refractivity contribution in [3.63, 3.8) is 0 Å². The molecule has 0 bridgehead atoms. The summed E-state index contributed by atoms with van der Waals surface area (Å²) in [4.78, 5) is 0. The maximum Gasteiger partial charge on any atom is 0.244 e. The molecule has 0 aliphatic carbocycles. The molecule has 6 nitrogen and oxygen atoms in total. The Labute approximate surface area is 199 Å². The third kappa shape index (κ3) is 4.09. The van der Waals surface area contributed by atoms with Crippen molar-refractivity contribution in [2.45, 2.75) is 12.5 Å². The van der Waals surface area contributed by atoms with Gasteiger partial charge in [0.2, 0.25) is 11.8 Å². The summed E-state index contributed by atoms with van der Waals surface area (Å²) in [6.07, 6.45) is 0. The molecule has 162 valence electrons. The minimum atomic E-state index is -0.394. The van der Waals surface area contributed by atoms with E-state index in [0.717, 1.165) is 38.2 Å². The summed E-state index contributed by atoms with van der Waals surface area (Å²) in [5.41, 5.74) is 10.9. The number of hydrogen-bond donors (Lipinski definition) is 2. The first-order valence-electron chi connectivity index (χ1n) is 10.3. The average molecular weight is 499 g/mol. The van der Waals surface area contributed by atoms with E-state index in [2.05, 4.69) is 32.2 Å². The topological polar surface area (TPSA) is 97.0 Å². The van der Waals surface area contributed by atoms with E-state index in [-0.39, 0.29) is 5.88 Å². The molecule has 1 atom stereocenters. The van der Waals surface area contributed by atoms with Crippen LogP contribution in [-0.4, -0.2) is 10.2 Å². The molecule has 7 heteroatoms. The molecule has 3 N–H and O–H groups in total. The van der Waals surface area contributed by atoms with E-state index >= 15 is 0 Å². The van der Waals surface area contributed by atoms with Crippen LogP contribution >= 0.6 is 15.9 Å². The van der Waals surface area contributed by atoms with E-state index in [1.54, 1.807) is 0 Å². The van der Waals surface area contributed by atoms with E-state index < -0.39 is 5.92 Å². The van der Waals surface area contributed by atoms with Gasteiger partial charge in [-0.15, -0.1) is 5.10 Å². The van der Waals surface area contributed by atoms with Crippen LogP contribution in [0.15, 0.2) is 94.8 Å². The Kier molecular flexibility index (Phi) is 5.59. The van der Waals surface area contributed by atoms with Gasteiger partial charge in [-0.05, 0) is 47.5 Å². The van der Waals surface area contributed by atoms with Crippen molar-refractivity contribution in [3.8, 4) is 29.0 Å². The van der Waals surface area contributed by atoms with Crippen LogP contribution in [0.2, 0.25) is 0 Å². The summed E-state index contributed by atoms with van der Waals surface area (Å²) in [6.45, 7) is 0.495. The Balaban J connectivity index is 1.48. The number of aromatic amines is 1. The Morgan fingerprint density at radius 1 is 1.03 bits per heavy atom. The smallest absolute Gasteiger partial charge is 0.244 e. The average Bonchev–Trinajstić information content (AvgIpc) is 3.27. The number of halogens is 1. The van der Waals surface area contributed by atoms with E-state index in [1.807, 2.05) is 78.9 Å². The minimum absolute atomic E-state index is 0.0700. The van der Waals surface area contributed by atoms with Crippen molar-refractivity contribution in [2.75, 3.05) is 0 Å². The number of nitrogens with zero attached hydrogens (tertiary/aromatic N) is 2. The molecule has 0 amide bonds. The highest BCUT2D eigenvalue weighted by Crippen LogP contribution is 2.45. The van der Waals surface area contributed by atoms with Gasteiger partial charge in [-0.3, -0.25) is 5.10 Å². The van der Waals surface area contributed by atoms with Gasteiger partial charge in [0.15, 0.2) is 0 Å². The number of rotatable bonds is 5. The van der Waals surface area contributed by atoms with Crippen LogP contribution in [-0.2, 0) is 6.61 Å². The van der Waals surface area contributed by atoms with E-state index in [9.17, 15) is 5.26 Å². The fourth-order valence-corrected chi connectivity index (χ4v) is 4.18. The van der Waals surface area contributed by atoms with Crippen LogP contribution in [0.25, 0.3) is 11.3 Å². The molecule has 0 unspecified atom stereocenters. The first kappa shape index (κ1) is 20.9. The van der Waals surface area contributed by atoms with Crippen molar-refractivity contribution in [3.05, 3.63) is 111 Å². The molecule has 33 heavy (non-hydrogen) atoms. The molecule has 0 radical (unpaired) electrons. The predicted molar refractivity (Wildman–Crippen MR) is 128 cm³/mol. The third-order valence-electron chi connectivity index (χ3n) is 5.53. The lowest BCUT2D eigenvalue weighted by atomic mass is 9.83. The maximum atomic E-state index is 9.84. The van der Waals surface area contributed by atoms with Gasteiger partial charge in [-0.1, -0.05) is 58.4 Å². The van der Waals surface area contributed by atoms with Gasteiger partial charge in [0.1, 0.15) is 24.0 Å². The van der Waals surface area contributed by atoms with E-state index in [4.69, 9.17) is 15.2 Å². The van der Waals surface area contributed by atoms with Gasteiger partial charge in [0, 0.05) is 10.0 Å². The number of nitrogens with two attached hydrogens (primary N) is 1. The molecule has 0 saturated carbocycles. The van der Waals surface area contributed by atoms with Crippen molar-refractivity contribution in [1.29, 1.82) is 5.26 Å². The van der Waals surface area contributed by atoms with Gasteiger partial charge >= 0.3 is 0 Å². The number of nitrogens with one attached hydrogen (secondary N) is 1. The zero-order valence-electron chi connectivity index (χ0n) is 17.5. The van der Waals surface area contributed by atoms with Gasteiger partial charge in [0.25, 0.3) is 0 Å². The van der Waals surface area contributed by atoms with Crippen molar-refractivity contribution < 1.29 is 9.47 Å². The van der Waals surface area contributed by atoms with Crippen LogP contribution < -0.4 is 15.2 Å². The van der Waals surface area contributed by atoms with Gasteiger partial charge < -0.3 is 15.2 Å². The van der Waals surface area contributed by atoms with Crippen LogP contribution in [0.5, 0.6) is 11.6 Å². The van der Waals surface area contributed by atoms with Gasteiger partial charge in [-0.2, -0.15) is 5.26 Å². The molecule has 0 fully saturated rings. The standard InChI is InChI=1S/C26H19BrN4O2/c27-19-10-6-17(7-11-19)22-21(14-28)25(29)33-26-23(22)24(30-31-26)18-8-12-20(13-9-18)32-15-16-4-2-1-3-5-16/h1-13,22H,15,29H2,(H,30,31)/t22-/m0/s1. The van der Waals surface area contributed by atoms with E-state index in [0.29, 0.717) is 18.1 Å². The summed E-state index contributed by atoms with van der Waals surface area (Å²) >= 11 is 3.47. The number of aromatic nitrogens is 2. The van der Waals surface area contributed by atoms with Gasteiger partial charge in [0.05, 0.1) is 17.2 Å². The summed E-state index contributed by atoms with van der Waals surface area (Å²) < 4.78 is 12.5. The van der Waals surface area contributed by atoms with Crippen LogP contribution in [0.3, 0.4) is 0 Å². The fourth-order valence-electron chi connectivity index (χ4n) is 3.91. The van der Waals surface area contributed by atoms with Crippen molar-refractivity contribution >= 4 is 15.9 Å². The number of nitriles is 1. The Hall–Kier alpha value is -4.02. The minimum Gasteiger partial charge on any atom is -0.489 e. The zero-order valence-corrected chi connectivity index (χ0v) is 19.0. The monoisotopic (exact) mass is 498 g/mol. The number of allylic oxidation sites excluding steroid dienone is 1. The molecule has 1 aliphatic rings. The van der Waals surface area contributed by atoms with Crippen LogP contribution in [0.1, 0.15) is 22.6 Å². The number of H-pyrrole nitrogens is 1. The molecule has 2 heterocycles. The van der Waals surface area contributed by atoms with Crippen molar-refractivity contribution in [1.82, 2.24) is 10.2 Å². The number of benzene rings is 3. The summed E-state index contributed by atoms with van der Waals surface area (Å²) in [5, 5.41) is 17.2. The zero-order chi connectivity index (χ0) is 22.8. The summed E-state index contributed by atoms with van der Waals surface area (Å²) in [5.74, 6) is 0.813. The van der Waals surface area contributed by atoms with Crippen LogP contribution in [0.4, 0.5) is 0 Å². The molecule has 0 saturated heterocycles. The van der Waals surface area contributed by atoms with Crippen molar-refractivity contribution in [2.24, 2.45) is 5.73 Å². The Bertz CT molecular complexity index is 1350. The number of ether oxygens (including phenoxy) is 2. The fraction of sp³-hybridized carbons (Fsp3) is 0.0769. The Morgan fingerprint density at radius 2 is 1.76 bits per heavy atom. The lowest BCUT2D eigenvalue weighted by molar-refractivity contribution is 0.306. The normalized spacial score (nSPS) is 14.8. The lowest BCUT2D eigenvalue weighted by Gasteiger charge is -2.24. The lowest BCUT2D eigenvalue weighted by Crippen LogP contribution is -2.20. The summed E-state index contributed by atoms with van der Waals surface area (Å²) in [7, 11) is 0. The molecule has 3 aromatic carbocycles. The molecule has 0 spiro atoms. The van der Waals surface area contributed by atoms with Crippen LogP contribution in [0, 0.1) is 11.3 Å². The first-order chi connectivity index (χ1) is 16.1. The second-order valence-corrected chi connectivity index (χ2v) is 8.51. The first-order valence-corrected chi connectivity index (χ1v) is 11.1. The largest absolute Gasteiger partial charge is 0.489 e. The molecule has 4 aromatic rings. The quantitative estimate of drug-likeness (QED) is 0.371. The highest BCUT2D eigenvalue weighted by atomic mass is 79.9. The Morgan fingerprint density at radius 3 is 2.45 bits per heavy atom. The highest BCUT2D eigenvalue weighted by molar-refractivity contribution is 9.10. The summed E-state index contributed by atoms with van der Waals surface area (Å²) in [6, 6.07) is 27.8. The molecular formula is C26H19BrN4O2. The molecule has 5 rings (SSSR count). The maximum absolute atomic E-state index is 9.84. The SMILES string of the molecule is N#CC1=C(N)Oc2n[nH]c(-c3ccc(OCc4ccccc4)cc3)c2[C@H]1c1ccc(Br)cc1.